The molecule has 0 saturated heterocycles. The van der Waals surface area contributed by atoms with Crippen molar-refractivity contribution in [2.45, 2.75) is 12.2 Å². The van der Waals surface area contributed by atoms with Gasteiger partial charge in [-0.05, 0) is 5.56 Å². The molecule has 0 aliphatic rings. The first-order valence-electron chi connectivity index (χ1n) is 4.00. The lowest BCUT2D eigenvalue weighted by Gasteiger charge is -2.17. The summed E-state index contributed by atoms with van der Waals surface area (Å²) in [5.41, 5.74) is 0.796. The number of rotatable bonds is 4. The van der Waals surface area contributed by atoms with E-state index in [2.05, 4.69) is 0 Å². The van der Waals surface area contributed by atoms with E-state index in [4.69, 9.17) is 4.74 Å². The maximum Gasteiger partial charge on any atom is 0.151 e. The molecule has 70 valence electrons. The van der Waals surface area contributed by atoms with Gasteiger partial charge in [0.15, 0.2) is 6.29 Å². The van der Waals surface area contributed by atoms with Gasteiger partial charge in [-0.1, -0.05) is 30.3 Å². The van der Waals surface area contributed by atoms with E-state index in [1.807, 2.05) is 18.2 Å². The Morgan fingerprint density at radius 1 is 1.38 bits per heavy atom. The fraction of sp³-hybridized carbons (Fsp3) is 0.300. The van der Waals surface area contributed by atoms with Crippen molar-refractivity contribution in [1.29, 1.82) is 0 Å². The smallest absolute Gasteiger partial charge is 0.151 e. The first kappa shape index (κ1) is 9.89. The molecule has 0 amide bonds. The molecule has 0 aliphatic carbocycles. The van der Waals surface area contributed by atoms with Gasteiger partial charge in [0.1, 0.15) is 12.2 Å². The predicted octanol–water partition coefficient (Wildman–Crippen LogP) is 0.934. The summed E-state index contributed by atoms with van der Waals surface area (Å²) < 4.78 is 5.01. The molecule has 0 aromatic heterocycles. The number of ether oxygens (including phenoxy) is 1. The van der Waals surface area contributed by atoms with Crippen LogP contribution in [0.15, 0.2) is 30.3 Å². The highest BCUT2D eigenvalue weighted by atomic mass is 16.5. The molecule has 2 atom stereocenters. The second-order valence-corrected chi connectivity index (χ2v) is 2.69. The summed E-state index contributed by atoms with van der Waals surface area (Å²) in [6, 6.07) is 9.14. The largest absolute Gasteiger partial charge is 0.383 e. The van der Waals surface area contributed by atoms with E-state index >= 15 is 0 Å². The van der Waals surface area contributed by atoms with Gasteiger partial charge in [-0.15, -0.1) is 0 Å². The van der Waals surface area contributed by atoms with Crippen LogP contribution in [0.25, 0.3) is 0 Å². The van der Waals surface area contributed by atoms with E-state index in [0.29, 0.717) is 6.29 Å². The Morgan fingerprint density at radius 2 is 2.00 bits per heavy atom. The molecular weight excluding hydrogens is 168 g/mol. The summed E-state index contributed by atoms with van der Waals surface area (Å²) in [7, 11) is 1.46. The highest BCUT2D eigenvalue weighted by Gasteiger charge is 2.19. The lowest BCUT2D eigenvalue weighted by molar-refractivity contribution is -0.122. The van der Waals surface area contributed by atoms with Gasteiger partial charge in [0.2, 0.25) is 0 Å². The lowest BCUT2D eigenvalue weighted by Crippen LogP contribution is -2.21. The van der Waals surface area contributed by atoms with Gasteiger partial charge >= 0.3 is 0 Å². The van der Waals surface area contributed by atoms with E-state index < -0.39 is 12.2 Å². The Morgan fingerprint density at radius 3 is 2.46 bits per heavy atom. The van der Waals surface area contributed by atoms with Crippen LogP contribution in [0, 0.1) is 0 Å². The van der Waals surface area contributed by atoms with Crippen molar-refractivity contribution in [3.05, 3.63) is 35.9 Å². The number of aliphatic hydroxyl groups excluding tert-OH is 1. The van der Waals surface area contributed by atoms with Crippen molar-refractivity contribution < 1.29 is 14.6 Å². The Bertz CT molecular complexity index is 258. The van der Waals surface area contributed by atoms with Crippen LogP contribution in [0.1, 0.15) is 11.7 Å². The van der Waals surface area contributed by atoms with E-state index in [0.717, 1.165) is 5.56 Å². The van der Waals surface area contributed by atoms with Gasteiger partial charge in [0, 0.05) is 7.11 Å². The van der Waals surface area contributed by atoms with Gasteiger partial charge in [0.05, 0.1) is 0 Å². The predicted molar refractivity (Wildman–Crippen MR) is 48.3 cm³/mol. The summed E-state index contributed by atoms with van der Waals surface area (Å²) in [4.78, 5) is 10.3. The average Bonchev–Trinajstić information content (AvgIpc) is 2.20. The molecule has 0 spiro atoms. The van der Waals surface area contributed by atoms with Gasteiger partial charge in [-0.25, -0.2) is 0 Å². The van der Waals surface area contributed by atoms with Gasteiger partial charge in [-0.2, -0.15) is 0 Å². The van der Waals surface area contributed by atoms with Crippen LogP contribution in [-0.4, -0.2) is 24.6 Å². The van der Waals surface area contributed by atoms with Crippen LogP contribution < -0.4 is 0 Å². The van der Waals surface area contributed by atoms with Crippen LogP contribution in [-0.2, 0) is 9.53 Å². The number of aldehydes is 1. The number of aliphatic hydroxyl groups is 1. The van der Waals surface area contributed by atoms with Crippen LogP contribution in [0.4, 0.5) is 0 Å². The number of benzene rings is 1. The molecule has 1 N–H and O–H groups in total. The minimum Gasteiger partial charge on any atom is -0.383 e. The maximum absolute atomic E-state index is 10.3. The van der Waals surface area contributed by atoms with Gasteiger partial charge in [-0.3, -0.25) is 0 Å². The molecular formula is C10H12O3. The number of carbonyl (C=O) groups is 1. The third-order valence-corrected chi connectivity index (χ3v) is 1.83. The van der Waals surface area contributed by atoms with Gasteiger partial charge in [0.25, 0.3) is 0 Å². The van der Waals surface area contributed by atoms with Crippen LogP contribution in [0.5, 0.6) is 0 Å². The van der Waals surface area contributed by atoms with Crippen molar-refractivity contribution in [3.63, 3.8) is 0 Å². The zero-order valence-corrected chi connectivity index (χ0v) is 7.38. The Kier molecular flexibility index (Phi) is 3.61. The van der Waals surface area contributed by atoms with Gasteiger partial charge < -0.3 is 14.6 Å². The standard InChI is InChI=1S/C10H12O3/c1-13-10(9(12)7-11)8-5-3-2-4-6-8/h2-7,9-10,12H,1H3. The quantitative estimate of drug-likeness (QED) is 0.701. The van der Waals surface area contributed by atoms with Crippen LogP contribution in [0.2, 0.25) is 0 Å². The highest BCUT2D eigenvalue weighted by Crippen LogP contribution is 2.18. The van der Waals surface area contributed by atoms with Crippen molar-refractivity contribution in [2.24, 2.45) is 0 Å². The fourth-order valence-electron chi connectivity index (χ4n) is 1.19. The number of hydrogen-bond acceptors (Lipinski definition) is 3. The Balaban J connectivity index is 2.84. The second kappa shape index (κ2) is 4.74. The average molecular weight is 180 g/mol. The first-order valence-corrected chi connectivity index (χ1v) is 4.00. The molecule has 0 bridgehead atoms. The molecule has 3 heteroatoms. The Labute approximate surface area is 77.0 Å². The molecule has 1 aromatic carbocycles. The summed E-state index contributed by atoms with van der Waals surface area (Å²) in [5.74, 6) is 0. The number of hydrogen-bond donors (Lipinski definition) is 1. The SMILES string of the molecule is COC(c1ccccc1)C(O)C=O. The zero-order chi connectivity index (χ0) is 9.68. The van der Waals surface area contributed by atoms with Crippen molar-refractivity contribution in [2.75, 3.05) is 7.11 Å². The molecule has 1 rings (SSSR count). The maximum atomic E-state index is 10.3. The summed E-state index contributed by atoms with van der Waals surface area (Å²) >= 11 is 0. The third kappa shape index (κ3) is 2.37. The molecule has 0 heterocycles. The van der Waals surface area contributed by atoms with E-state index in [-0.39, 0.29) is 0 Å². The van der Waals surface area contributed by atoms with Crippen molar-refractivity contribution in [1.82, 2.24) is 0 Å². The molecule has 0 aliphatic heterocycles. The molecule has 0 fully saturated rings. The van der Waals surface area contributed by atoms with Crippen molar-refractivity contribution in [3.8, 4) is 0 Å². The van der Waals surface area contributed by atoms with Crippen LogP contribution in [0.3, 0.4) is 0 Å². The van der Waals surface area contributed by atoms with Crippen LogP contribution >= 0.6 is 0 Å². The summed E-state index contributed by atoms with van der Waals surface area (Å²) in [6.45, 7) is 0. The summed E-state index contributed by atoms with van der Waals surface area (Å²) in [6.07, 6.45) is -1.20. The molecule has 2 unspecified atom stereocenters. The monoisotopic (exact) mass is 180 g/mol. The third-order valence-electron chi connectivity index (χ3n) is 1.83. The highest BCUT2D eigenvalue weighted by molar-refractivity contribution is 5.57. The minimum absolute atomic E-state index is 0.473. The molecule has 3 nitrogen and oxygen atoms in total. The fourth-order valence-corrected chi connectivity index (χ4v) is 1.19. The Hall–Kier alpha value is -1.19. The zero-order valence-electron chi connectivity index (χ0n) is 7.38. The summed E-state index contributed by atoms with van der Waals surface area (Å²) in [5, 5.41) is 9.28. The first-order chi connectivity index (χ1) is 6.29. The van der Waals surface area contributed by atoms with E-state index in [9.17, 15) is 9.90 Å². The number of carbonyl (C=O) groups excluding carboxylic acids is 1. The van der Waals surface area contributed by atoms with E-state index in [1.165, 1.54) is 7.11 Å². The second-order valence-electron chi connectivity index (χ2n) is 2.69. The van der Waals surface area contributed by atoms with Crippen molar-refractivity contribution >= 4 is 6.29 Å². The molecule has 0 radical (unpaired) electrons. The lowest BCUT2D eigenvalue weighted by atomic mass is 10.1. The topological polar surface area (TPSA) is 46.5 Å². The number of methoxy groups -OCH3 is 1. The van der Waals surface area contributed by atoms with E-state index in [1.54, 1.807) is 12.1 Å². The minimum atomic E-state index is -1.10. The molecule has 13 heavy (non-hydrogen) atoms. The normalized spacial score (nSPS) is 14.9. The molecule has 0 saturated carbocycles. The molecule has 1 aromatic rings.